The van der Waals surface area contributed by atoms with Crippen LogP contribution >= 0.6 is 0 Å². The summed E-state index contributed by atoms with van der Waals surface area (Å²) in [5.74, 6) is 0.267. The molecule has 0 amide bonds. The smallest absolute Gasteiger partial charge is 0.146 e. The van der Waals surface area contributed by atoms with Crippen LogP contribution in [-0.2, 0) is 11.3 Å². The molecule has 0 N–H and O–H groups in total. The van der Waals surface area contributed by atoms with Gasteiger partial charge in [0.2, 0.25) is 0 Å². The molecule has 1 atom stereocenters. The zero-order valence-electron chi connectivity index (χ0n) is 10.7. The molecule has 3 heteroatoms. The first-order valence-corrected chi connectivity index (χ1v) is 6.44. The minimum Gasteiger partial charge on any atom is -0.298 e. The van der Waals surface area contributed by atoms with Crippen LogP contribution in [0.4, 0.5) is 0 Å². The molecule has 1 aliphatic rings. The predicted molar refractivity (Wildman–Crippen MR) is 69.9 cm³/mol. The number of rotatable bonds is 3. The molecule has 0 spiro atoms. The summed E-state index contributed by atoms with van der Waals surface area (Å²) in [6.07, 6.45) is 3.29. The van der Waals surface area contributed by atoms with Crippen LogP contribution in [0.5, 0.6) is 0 Å². The lowest BCUT2D eigenvalue weighted by atomic mass is 9.98. The highest BCUT2D eigenvalue weighted by Crippen LogP contribution is 2.20. The van der Waals surface area contributed by atoms with Gasteiger partial charge in [-0.15, -0.1) is 0 Å². The second-order valence-electron chi connectivity index (χ2n) is 4.90. The number of nitrogens with zero attached hydrogens (tertiary/aromatic N) is 2. The standard InChI is InChI=1S/C15H18N2O/c1-12(18)15-4-2-3-9-17(15)11-14-7-5-13(10-16)6-8-14/h5-8,15H,2-4,9,11H2,1H3. The molecule has 0 aromatic heterocycles. The molecule has 1 unspecified atom stereocenters. The van der Waals surface area contributed by atoms with E-state index in [1.165, 1.54) is 12.0 Å². The Morgan fingerprint density at radius 1 is 1.39 bits per heavy atom. The number of benzene rings is 1. The van der Waals surface area contributed by atoms with E-state index >= 15 is 0 Å². The highest BCUT2D eigenvalue weighted by atomic mass is 16.1. The third-order valence-electron chi connectivity index (χ3n) is 3.55. The summed E-state index contributed by atoms with van der Waals surface area (Å²) in [4.78, 5) is 13.9. The van der Waals surface area contributed by atoms with Crippen LogP contribution in [0.1, 0.15) is 37.3 Å². The second-order valence-corrected chi connectivity index (χ2v) is 4.90. The van der Waals surface area contributed by atoms with Gasteiger partial charge >= 0.3 is 0 Å². The van der Waals surface area contributed by atoms with E-state index in [4.69, 9.17) is 5.26 Å². The average Bonchev–Trinajstić information content (AvgIpc) is 2.40. The van der Waals surface area contributed by atoms with Gasteiger partial charge in [-0.25, -0.2) is 0 Å². The van der Waals surface area contributed by atoms with E-state index in [0.29, 0.717) is 5.56 Å². The van der Waals surface area contributed by atoms with E-state index < -0.39 is 0 Å². The fraction of sp³-hybridized carbons (Fsp3) is 0.467. The van der Waals surface area contributed by atoms with Crippen LogP contribution in [0, 0.1) is 11.3 Å². The van der Waals surface area contributed by atoms with Crippen molar-refractivity contribution in [3.05, 3.63) is 35.4 Å². The summed E-state index contributed by atoms with van der Waals surface area (Å²) in [5.41, 5.74) is 1.85. The fourth-order valence-corrected chi connectivity index (χ4v) is 2.56. The lowest BCUT2D eigenvalue weighted by Gasteiger charge is -2.34. The number of carbonyl (C=O) groups is 1. The van der Waals surface area contributed by atoms with Gasteiger partial charge in [0.15, 0.2) is 0 Å². The molecule has 1 aromatic rings. The number of hydrogen-bond donors (Lipinski definition) is 0. The van der Waals surface area contributed by atoms with Crippen LogP contribution in [0.2, 0.25) is 0 Å². The number of nitriles is 1. The van der Waals surface area contributed by atoms with Crippen LogP contribution < -0.4 is 0 Å². The number of piperidine rings is 1. The number of ketones is 1. The van der Waals surface area contributed by atoms with Gasteiger partial charge in [-0.05, 0) is 44.0 Å². The van der Waals surface area contributed by atoms with E-state index in [9.17, 15) is 4.79 Å². The number of hydrogen-bond acceptors (Lipinski definition) is 3. The molecule has 18 heavy (non-hydrogen) atoms. The van der Waals surface area contributed by atoms with Crippen molar-refractivity contribution in [3.63, 3.8) is 0 Å². The quantitative estimate of drug-likeness (QED) is 0.818. The largest absolute Gasteiger partial charge is 0.298 e. The van der Waals surface area contributed by atoms with Crippen molar-refractivity contribution in [1.29, 1.82) is 5.26 Å². The summed E-state index contributed by atoms with van der Waals surface area (Å²) in [5, 5.41) is 8.76. The minimum atomic E-state index is 0.0781. The summed E-state index contributed by atoms with van der Waals surface area (Å²) in [7, 11) is 0. The molecule has 1 heterocycles. The Kier molecular flexibility index (Phi) is 4.11. The van der Waals surface area contributed by atoms with Crippen LogP contribution in [-0.4, -0.2) is 23.3 Å². The summed E-state index contributed by atoms with van der Waals surface area (Å²) >= 11 is 0. The molecule has 0 saturated carbocycles. The maximum Gasteiger partial charge on any atom is 0.146 e. The Bertz CT molecular complexity index is 458. The fourth-order valence-electron chi connectivity index (χ4n) is 2.56. The minimum absolute atomic E-state index is 0.0781. The van der Waals surface area contributed by atoms with Gasteiger partial charge in [0, 0.05) is 6.54 Å². The lowest BCUT2D eigenvalue weighted by molar-refractivity contribution is -0.123. The summed E-state index contributed by atoms with van der Waals surface area (Å²) in [6.45, 7) is 3.47. The van der Waals surface area contributed by atoms with Crippen molar-refractivity contribution in [2.75, 3.05) is 6.54 Å². The predicted octanol–water partition coefficient (Wildman–Crippen LogP) is 2.50. The molecule has 1 aromatic carbocycles. The zero-order valence-corrected chi connectivity index (χ0v) is 10.7. The molecule has 1 saturated heterocycles. The van der Waals surface area contributed by atoms with E-state index in [-0.39, 0.29) is 11.8 Å². The Morgan fingerprint density at radius 3 is 2.72 bits per heavy atom. The lowest BCUT2D eigenvalue weighted by Crippen LogP contribution is -2.43. The van der Waals surface area contributed by atoms with Gasteiger partial charge in [-0.2, -0.15) is 5.26 Å². The van der Waals surface area contributed by atoms with Crippen molar-refractivity contribution in [1.82, 2.24) is 4.90 Å². The Morgan fingerprint density at radius 2 is 2.11 bits per heavy atom. The molecule has 0 radical (unpaired) electrons. The van der Waals surface area contributed by atoms with Crippen molar-refractivity contribution >= 4 is 5.78 Å². The third kappa shape index (κ3) is 2.96. The maximum atomic E-state index is 11.6. The van der Waals surface area contributed by atoms with Gasteiger partial charge in [-0.3, -0.25) is 9.69 Å². The van der Waals surface area contributed by atoms with Crippen molar-refractivity contribution < 1.29 is 4.79 Å². The molecule has 3 nitrogen and oxygen atoms in total. The Balaban J connectivity index is 2.06. The first kappa shape index (κ1) is 12.8. The zero-order chi connectivity index (χ0) is 13.0. The van der Waals surface area contributed by atoms with Crippen LogP contribution in [0.25, 0.3) is 0 Å². The van der Waals surface area contributed by atoms with Crippen LogP contribution in [0.3, 0.4) is 0 Å². The molecule has 0 aliphatic carbocycles. The Labute approximate surface area is 108 Å². The van der Waals surface area contributed by atoms with Gasteiger partial charge in [-0.1, -0.05) is 18.6 Å². The van der Waals surface area contributed by atoms with Crippen molar-refractivity contribution in [3.8, 4) is 6.07 Å². The molecular formula is C15H18N2O. The summed E-state index contributed by atoms with van der Waals surface area (Å²) in [6, 6.07) is 9.82. The Hall–Kier alpha value is -1.66. The van der Waals surface area contributed by atoms with E-state index in [0.717, 1.165) is 25.9 Å². The second kappa shape index (κ2) is 5.79. The topological polar surface area (TPSA) is 44.1 Å². The summed E-state index contributed by atoms with van der Waals surface area (Å²) < 4.78 is 0. The highest BCUT2D eigenvalue weighted by Gasteiger charge is 2.25. The van der Waals surface area contributed by atoms with Gasteiger partial charge in [0.25, 0.3) is 0 Å². The highest BCUT2D eigenvalue weighted by molar-refractivity contribution is 5.81. The van der Waals surface area contributed by atoms with E-state index in [1.54, 1.807) is 6.92 Å². The molecule has 1 fully saturated rings. The molecule has 94 valence electrons. The van der Waals surface area contributed by atoms with Gasteiger partial charge in [0.05, 0.1) is 17.7 Å². The van der Waals surface area contributed by atoms with E-state index in [2.05, 4.69) is 11.0 Å². The van der Waals surface area contributed by atoms with Gasteiger partial charge in [0.1, 0.15) is 5.78 Å². The van der Waals surface area contributed by atoms with E-state index in [1.807, 2.05) is 24.3 Å². The van der Waals surface area contributed by atoms with Crippen molar-refractivity contribution in [2.45, 2.75) is 38.8 Å². The average molecular weight is 242 g/mol. The monoisotopic (exact) mass is 242 g/mol. The molecule has 0 bridgehead atoms. The molecular weight excluding hydrogens is 224 g/mol. The maximum absolute atomic E-state index is 11.6. The first-order chi connectivity index (χ1) is 8.70. The number of carbonyl (C=O) groups excluding carboxylic acids is 1. The van der Waals surface area contributed by atoms with Crippen molar-refractivity contribution in [2.24, 2.45) is 0 Å². The van der Waals surface area contributed by atoms with Gasteiger partial charge < -0.3 is 0 Å². The first-order valence-electron chi connectivity index (χ1n) is 6.44. The molecule has 2 rings (SSSR count). The SMILES string of the molecule is CC(=O)C1CCCCN1Cc1ccc(C#N)cc1. The normalized spacial score (nSPS) is 20.3. The number of Topliss-reactive ketones (excluding diaryl/α,β-unsaturated/α-hetero) is 1. The van der Waals surface area contributed by atoms with Crippen LogP contribution in [0.15, 0.2) is 24.3 Å². The molecule has 1 aliphatic heterocycles. The number of likely N-dealkylation sites (tertiary alicyclic amines) is 1. The third-order valence-corrected chi connectivity index (χ3v) is 3.55.